The van der Waals surface area contributed by atoms with Gasteiger partial charge in [-0.2, -0.15) is 5.10 Å². The summed E-state index contributed by atoms with van der Waals surface area (Å²) in [7, 11) is 1.85. The van der Waals surface area contributed by atoms with Crippen LogP contribution in [0.3, 0.4) is 0 Å². The first-order valence-electron chi connectivity index (χ1n) is 6.39. The lowest BCUT2D eigenvalue weighted by atomic mass is 10.2. The molecule has 0 spiro atoms. The molecule has 0 radical (unpaired) electrons. The fourth-order valence-electron chi connectivity index (χ4n) is 1.99. The first kappa shape index (κ1) is 15.2. The van der Waals surface area contributed by atoms with Crippen molar-refractivity contribution in [1.29, 1.82) is 0 Å². The second-order valence-electron chi connectivity index (χ2n) is 4.39. The highest BCUT2D eigenvalue weighted by Gasteiger charge is 2.14. The fourth-order valence-corrected chi connectivity index (χ4v) is 2.59. The van der Waals surface area contributed by atoms with E-state index in [2.05, 4.69) is 5.10 Å². The number of rotatable bonds is 5. The number of benzene rings is 1. The van der Waals surface area contributed by atoms with Crippen LogP contribution in [0.4, 0.5) is 0 Å². The smallest absolute Gasteiger partial charge is 0.131 e. The highest BCUT2D eigenvalue weighted by molar-refractivity contribution is 6.32. The Morgan fingerprint density at radius 1 is 1.35 bits per heavy atom. The van der Waals surface area contributed by atoms with Crippen LogP contribution >= 0.6 is 23.2 Å². The highest BCUT2D eigenvalue weighted by Crippen LogP contribution is 2.28. The Morgan fingerprint density at radius 3 is 2.70 bits per heavy atom. The van der Waals surface area contributed by atoms with E-state index in [1.165, 1.54) is 0 Å². The first-order chi connectivity index (χ1) is 9.58. The van der Waals surface area contributed by atoms with Crippen LogP contribution in [0.25, 0.3) is 0 Å². The Labute approximate surface area is 128 Å². The molecule has 0 fully saturated rings. The molecule has 20 heavy (non-hydrogen) atoms. The van der Waals surface area contributed by atoms with Crippen LogP contribution in [-0.4, -0.2) is 9.78 Å². The minimum Gasteiger partial charge on any atom is -0.487 e. The Kier molecular flexibility index (Phi) is 4.91. The SMILES string of the molecule is CCc1nn(C)c(COc2cccc(Cl)c2CN)c1Cl. The highest BCUT2D eigenvalue weighted by atomic mass is 35.5. The zero-order valence-electron chi connectivity index (χ0n) is 11.5. The average Bonchev–Trinajstić information content (AvgIpc) is 2.71. The fraction of sp³-hybridized carbons (Fsp3) is 0.357. The van der Waals surface area contributed by atoms with E-state index in [4.69, 9.17) is 33.7 Å². The van der Waals surface area contributed by atoms with Crippen LogP contribution < -0.4 is 10.5 Å². The lowest BCUT2D eigenvalue weighted by molar-refractivity contribution is 0.292. The van der Waals surface area contributed by atoms with E-state index < -0.39 is 0 Å². The van der Waals surface area contributed by atoms with Crippen molar-refractivity contribution in [3.8, 4) is 5.75 Å². The van der Waals surface area contributed by atoms with Gasteiger partial charge in [0.05, 0.1) is 16.4 Å². The van der Waals surface area contributed by atoms with E-state index in [9.17, 15) is 0 Å². The summed E-state index contributed by atoms with van der Waals surface area (Å²) >= 11 is 12.4. The molecule has 2 aromatic rings. The van der Waals surface area contributed by atoms with Crippen molar-refractivity contribution in [3.63, 3.8) is 0 Å². The van der Waals surface area contributed by atoms with Crippen molar-refractivity contribution in [2.45, 2.75) is 26.5 Å². The van der Waals surface area contributed by atoms with Gasteiger partial charge in [0.2, 0.25) is 0 Å². The van der Waals surface area contributed by atoms with Crippen LogP contribution in [0.1, 0.15) is 23.9 Å². The molecule has 1 heterocycles. The molecule has 1 aromatic heterocycles. The van der Waals surface area contributed by atoms with Gasteiger partial charge < -0.3 is 10.5 Å². The van der Waals surface area contributed by atoms with Crippen LogP contribution in [0.5, 0.6) is 5.75 Å². The van der Waals surface area contributed by atoms with Crippen LogP contribution in [0.2, 0.25) is 10.0 Å². The molecule has 108 valence electrons. The lowest BCUT2D eigenvalue weighted by Gasteiger charge is -2.12. The minimum atomic E-state index is 0.328. The number of aryl methyl sites for hydroxylation is 2. The van der Waals surface area contributed by atoms with E-state index in [0.717, 1.165) is 23.4 Å². The molecule has 0 bridgehead atoms. The van der Waals surface area contributed by atoms with Crippen molar-refractivity contribution in [3.05, 3.63) is 45.2 Å². The number of hydrogen-bond donors (Lipinski definition) is 1. The van der Waals surface area contributed by atoms with Gasteiger partial charge >= 0.3 is 0 Å². The maximum Gasteiger partial charge on any atom is 0.131 e. The summed E-state index contributed by atoms with van der Waals surface area (Å²) in [6, 6.07) is 5.47. The zero-order valence-corrected chi connectivity index (χ0v) is 13.0. The molecule has 0 saturated carbocycles. The van der Waals surface area contributed by atoms with Gasteiger partial charge in [0.1, 0.15) is 12.4 Å². The van der Waals surface area contributed by atoms with E-state index in [1.807, 2.05) is 26.1 Å². The van der Waals surface area contributed by atoms with Crippen molar-refractivity contribution >= 4 is 23.2 Å². The van der Waals surface area contributed by atoms with Crippen molar-refractivity contribution in [2.24, 2.45) is 12.8 Å². The molecule has 2 rings (SSSR count). The maximum absolute atomic E-state index is 6.29. The summed E-state index contributed by atoms with van der Waals surface area (Å²) in [5, 5.41) is 5.62. The van der Waals surface area contributed by atoms with Gasteiger partial charge in [0, 0.05) is 24.2 Å². The number of nitrogens with two attached hydrogens (primary N) is 1. The van der Waals surface area contributed by atoms with Crippen molar-refractivity contribution < 1.29 is 4.74 Å². The average molecular weight is 314 g/mol. The number of aromatic nitrogens is 2. The number of hydrogen-bond acceptors (Lipinski definition) is 3. The molecule has 0 aliphatic rings. The van der Waals surface area contributed by atoms with Gasteiger partial charge in [-0.05, 0) is 18.6 Å². The minimum absolute atomic E-state index is 0.328. The molecule has 6 heteroatoms. The van der Waals surface area contributed by atoms with Crippen LogP contribution in [0.15, 0.2) is 18.2 Å². The molecule has 0 amide bonds. The Balaban J connectivity index is 2.21. The van der Waals surface area contributed by atoms with Gasteiger partial charge in [-0.15, -0.1) is 0 Å². The van der Waals surface area contributed by atoms with E-state index >= 15 is 0 Å². The third-order valence-corrected chi connectivity index (χ3v) is 3.94. The molecule has 0 aliphatic carbocycles. The maximum atomic E-state index is 6.29. The molecule has 1 aromatic carbocycles. The van der Waals surface area contributed by atoms with E-state index in [0.29, 0.717) is 28.9 Å². The molecule has 4 nitrogen and oxygen atoms in total. The van der Waals surface area contributed by atoms with Gasteiger partial charge in [0.15, 0.2) is 0 Å². The summed E-state index contributed by atoms with van der Waals surface area (Å²) in [6.45, 7) is 2.67. The van der Waals surface area contributed by atoms with Gasteiger partial charge in [0.25, 0.3) is 0 Å². The first-order valence-corrected chi connectivity index (χ1v) is 7.14. The Bertz CT molecular complexity index is 611. The standard InChI is InChI=1S/C14H17Cl2N3O/c1-3-11-14(16)12(19(2)18-11)8-20-13-6-4-5-10(15)9(13)7-17/h4-6H,3,7-8,17H2,1-2H3. The summed E-state index contributed by atoms with van der Waals surface area (Å²) in [5.74, 6) is 0.676. The number of nitrogens with zero attached hydrogens (tertiary/aromatic N) is 2. The molecule has 0 unspecified atom stereocenters. The van der Waals surface area contributed by atoms with Gasteiger partial charge in [-0.25, -0.2) is 0 Å². The van der Waals surface area contributed by atoms with Crippen LogP contribution in [-0.2, 0) is 26.6 Å². The summed E-state index contributed by atoms with van der Waals surface area (Å²) in [5.41, 5.74) is 8.20. The predicted octanol–water partition coefficient (Wildman–Crippen LogP) is 3.33. The third-order valence-electron chi connectivity index (χ3n) is 3.15. The number of ether oxygens (including phenoxy) is 1. The van der Waals surface area contributed by atoms with Crippen molar-refractivity contribution in [2.75, 3.05) is 0 Å². The second kappa shape index (κ2) is 6.48. The second-order valence-corrected chi connectivity index (χ2v) is 5.18. The van der Waals surface area contributed by atoms with Gasteiger partial charge in [-0.1, -0.05) is 36.2 Å². The molecule has 0 aliphatic heterocycles. The van der Waals surface area contributed by atoms with E-state index in [-0.39, 0.29) is 0 Å². The lowest BCUT2D eigenvalue weighted by Crippen LogP contribution is -2.06. The normalized spacial score (nSPS) is 10.8. The molecular formula is C14H17Cl2N3O. The molecule has 0 saturated heterocycles. The summed E-state index contributed by atoms with van der Waals surface area (Å²) in [4.78, 5) is 0. The zero-order chi connectivity index (χ0) is 14.7. The Hall–Kier alpha value is -1.23. The monoisotopic (exact) mass is 313 g/mol. The molecule has 2 N–H and O–H groups in total. The van der Waals surface area contributed by atoms with Gasteiger partial charge in [-0.3, -0.25) is 4.68 Å². The Morgan fingerprint density at radius 2 is 2.10 bits per heavy atom. The summed E-state index contributed by atoms with van der Waals surface area (Å²) < 4.78 is 7.55. The van der Waals surface area contributed by atoms with Crippen molar-refractivity contribution in [1.82, 2.24) is 9.78 Å². The topological polar surface area (TPSA) is 53.1 Å². The predicted molar refractivity (Wildman–Crippen MR) is 81.3 cm³/mol. The van der Waals surface area contributed by atoms with E-state index in [1.54, 1.807) is 10.7 Å². The molecule has 0 atom stereocenters. The quantitative estimate of drug-likeness (QED) is 0.921. The molecular weight excluding hydrogens is 297 g/mol. The largest absolute Gasteiger partial charge is 0.487 e. The number of halogens is 2. The summed E-state index contributed by atoms with van der Waals surface area (Å²) in [6.07, 6.45) is 0.790. The third kappa shape index (κ3) is 2.92. The van der Waals surface area contributed by atoms with Crippen LogP contribution in [0, 0.1) is 0 Å².